The minimum atomic E-state index is -0.539. The molecule has 0 saturated heterocycles. The highest BCUT2D eigenvalue weighted by Gasteiger charge is 2.27. The van der Waals surface area contributed by atoms with Crippen LogP contribution in [0.15, 0.2) is 24.0 Å². The number of nitrogens with one attached hydrogen (secondary N) is 1. The van der Waals surface area contributed by atoms with Crippen LogP contribution in [0.2, 0.25) is 0 Å². The predicted octanol–water partition coefficient (Wildman–Crippen LogP) is 3.62. The lowest BCUT2D eigenvalue weighted by molar-refractivity contribution is 0.212. The fourth-order valence-corrected chi connectivity index (χ4v) is 2.21. The molecule has 0 amide bonds. The molecule has 1 aliphatic heterocycles. The molecular formula is C15H19F2NO. The normalized spacial score (nSPS) is 16.1. The summed E-state index contributed by atoms with van der Waals surface area (Å²) < 4.78 is 33.7. The SMILES string of the molecule is CCCNC(C1=CCCO1)c1c(F)ccc(C)c1F. The fraction of sp³-hybridized carbons (Fsp3) is 0.467. The van der Waals surface area contributed by atoms with Crippen LogP contribution in [-0.2, 0) is 4.74 Å². The second kappa shape index (κ2) is 6.15. The Morgan fingerprint density at radius 1 is 1.37 bits per heavy atom. The predicted molar refractivity (Wildman–Crippen MR) is 70.8 cm³/mol. The van der Waals surface area contributed by atoms with Gasteiger partial charge in [-0.3, -0.25) is 0 Å². The molecular weight excluding hydrogens is 248 g/mol. The molecule has 4 heteroatoms. The zero-order valence-corrected chi connectivity index (χ0v) is 11.3. The number of hydrogen-bond donors (Lipinski definition) is 1. The minimum absolute atomic E-state index is 0.0570. The molecule has 1 atom stereocenters. The number of benzene rings is 1. The van der Waals surface area contributed by atoms with Crippen molar-refractivity contribution < 1.29 is 13.5 Å². The van der Waals surface area contributed by atoms with Crippen molar-refractivity contribution in [1.29, 1.82) is 0 Å². The van der Waals surface area contributed by atoms with Crippen molar-refractivity contribution in [3.8, 4) is 0 Å². The molecule has 1 aliphatic rings. The molecule has 1 heterocycles. The van der Waals surface area contributed by atoms with Gasteiger partial charge in [0, 0.05) is 12.0 Å². The maximum absolute atomic E-state index is 14.2. The Hall–Kier alpha value is -1.42. The van der Waals surface area contributed by atoms with E-state index in [1.54, 1.807) is 6.92 Å². The zero-order valence-electron chi connectivity index (χ0n) is 11.3. The van der Waals surface area contributed by atoms with Gasteiger partial charge in [0.25, 0.3) is 0 Å². The van der Waals surface area contributed by atoms with Gasteiger partial charge in [-0.25, -0.2) is 8.78 Å². The van der Waals surface area contributed by atoms with E-state index >= 15 is 0 Å². The Morgan fingerprint density at radius 3 is 2.79 bits per heavy atom. The van der Waals surface area contributed by atoms with Crippen LogP contribution in [0.25, 0.3) is 0 Å². The Morgan fingerprint density at radius 2 is 2.16 bits per heavy atom. The van der Waals surface area contributed by atoms with Crippen molar-refractivity contribution in [3.05, 3.63) is 46.7 Å². The van der Waals surface area contributed by atoms with Gasteiger partial charge in [-0.15, -0.1) is 0 Å². The van der Waals surface area contributed by atoms with Gasteiger partial charge in [0.15, 0.2) is 0 Å². The second-order valence-electron chi connectivity index (χ2n) is 4.72. The molecule has 1 N–H and O–H groups in total. The lowest BCUT2D eigenvalue weighted by atomic mass is 10.0. The van der Waals surface area contributed by atoms with Crippen LogP contribution < -0.4 is 5.32 Å². The summed E-state index contributed by atoms with van der Waals surface area (Å²) in [6.45, 7) is 4.91. The molecule has 19 heavy (non-hydrogen) atoms. The first kappa shape index (κ1) is 14.0. The molecule has 0 saturated carbocycles. The van der Waals surface area contributed by atoms with E-state index in [0.29, 0.717) is 24.5 Å². The van der Waals surface area contributed by atoms with Gasteiger partial charge in [0.2, 0.25) is 0 Å². The Bertz CT molecular complexity index is 485. The summed E-state index contributed by atoms with van der Waals surface area (Å²) in [5.41, 5.74) is 0.500. The van der Waals surface area contributed by atoms with Crippen LogP contribution in [-0.4, -0.2) is 13.2 Å². The third-order valence-electron chi connectivity index (χ3n) is 3.22. The van der Waals surface area contributed by atoms with E-state index < -0.39 is 17.7 Å². The molecule has 0 bridgehead atoms. The molecule has 2 rings (SSSR count). The average molecular weight is 267 g/mol. The third-order valence-corrected chi connectivity index (χ3v) is 3.22. The van der Waals surface area contributed by atoms with E-state index in [4.69, 9.17) is 4.74 Å². The van der Waals surface area contributed by atoms with Crippen molar-refractivity contribution in [2.24, 2.45) is 0 Å². The maximum Gasteiger partial charge on any atom is 0.134 e. The van der Waals surface area contributed by atoms with Gasteiger partial charge in [-0.1, -0.05) is 13.0 Å². The van der Waals surface area contributed by atoms with E-state index in [2.05, 4.69) is 5.32 Å². The molecule has 2 nitrogen and oxygen atoms in total. The topological polar surface area (TPSA) is 21.3 Å². The smallest absolute Gasteiger partial charge is 0.134 e. The van der Waals surface area contributed by atoms with E-state index in [0.717, 1.165) is 12.8 Å². The monoisotopic (exact) mass is 267 g/mol. The molecule has 0 aromatic heterocycles. The van der Waals surface area contributed by atoms with Crippen molar-refractivity contribution in [2.45, 2.75) is 32.7 Å². The third kappa shape index (κ3) is 2.95. The van der Waals surface area contributed by atoms with Crippen LogP contribution in [0.1, 0.15) is 36.9 Å². The van der Waals surface area contributed by atoms with E-state index in [1.807, 2.05) is 13.0 Å². The van der Waals surface area contributed by atoms with Gasteiger partial charge >= 0.3 is 0 Å². The minimum Gasteiger partial charge on any atom is -0.496 e. The number of halogens is 2. The molecule has 0 fully saturated rings. The zero-order chi connectivity index (χ0) is 13.8. The molecule has 0 radical (unpaired) electrons. The maximum atomic E-state index is 14.2. The summed E-state index contributed by atoms with van der Waals surface area (Å²) in [6.07, 6.45) is 3.57. The largest absolute Gasteiger partial charge is 0.496 e. The average Bonchev–Trinajstić information content (AvgIpc) is 2.92. The van der Waals surface area contributed by atoms with E-state index in [-0.39, 0.29) is 5.56 Å². The highest BCUT2D eigenvalue weighted by Crippen LogP contribution is 2.31. The number of hydrogen-bond acceptors (Lipinski definition) is 2. The van der Waals surface area contributed by atoms with Crippen LogP contribution >= 0.6 is 0 Å². The number of aryl methyl sites for hydroxylation is 1. The standard InChI is InChI=1S/C15H19F2NO/c1-3-8-18-15(12-5-4-9-19-12)13-11(16)7-6-10(2)14(13)17/h5-7,15,18H,3-4,8-9H2,1-2H3. The summed E-state index contributed by atoms with van der Waals surface area (Å²) in [6, 6.07) is 2.22. The molecule has 1 aromatic rings. The molecule has 0 spiro atoms. The van der Waals surface area contributed by atoms with Crippen molar-refractivity contribution in [2.75, 3.05) is 13.2 Å². The van der Waals surface area contributed by atoms with Crippen LogP contribution in [0.3, 0.4) is 0 Å². The van der Waals surface area contributed by atoms with E-state index in [9.17, 15) is 8.78 Å². The lowest BCUT2D eigenvalue weighted by Gasteiger charge is -2.21. The quantitative estimate of drug-likeness (QED) is 0.879. The Labute approximate surface area is 112 Å². The summed E-state index contributed by atoms with van der Waals surface area (Å²) in [5.74, 6) is -0.407. The highest BCUT2D eigenvalue weighted by molar-refractivity contribution is 5.33. The highest BCUT2D eigenvalue weighted by atomic mass is 19.1. The number of ether oxygens (including phenoxy) is 1. The Kier molecular flexibility index (Phi) is 4.53. The molecule has 1 aromatic carbocycles. The fourth-order valence-electron chi connectivity index (χ4n) is 2.21. The first-order chi connectivity index (χ1) is 9.15. The van der Waals surface area contributed by atoms with Gasteiger partial charge in [-0.05, 0) is 37.6 Å². The van der Waals surface area contributed by atoms with Crippen LogP contribution in [0.5, 0.6) is 0 Å². The van der Waals surface area contributed by atoms with Crippen molar-refractivity contribution >= 4 is 0 Å². The first-order valence-electron chi connectivity index (χ1n) is 6.66. The molecule has 1 unspecified atom stereocenters. The van der Waals surface area contributed by atoms with Crippen LogP contribution in [0, 0.1) is 18.6 Å². The van der Waals surface area contributed by atoms with Gasteiger partial charge < -0.3 is 10.1 Å². The summed E-state index contributed by atoms with van der Waals surface area (Å²) in [4.78, 5) is 0. The lowest BCUT2D eigenvalue weighted by Crippen LogP contribution is -2.26. The van der Waals surface area contributed by atoms with Gasteiger partial charge in [0.05, 0.1) is 12.6 Å². The second-order valence-corrected chi connectivity index (χ2v) is 4.72. The van der Waals surface area contributed by atoms with Crippen molar-refractivity contribution in [3.63, 3.8) is 0 Å². The molecule has 104 valence electrons. The summed E-state index contributed by atoms with van der Waals surface area (Å²) in [7, 11) is 0. The van der Waals surface area contributed by atoms with Gasteiger partial charge in [-0.2, -0.15) is 0 Å². The molecule has 0 aliphatic carbocycles. The first-order valence-corrected chi connectivity index (χ1v) is 6.66. The van der Waals surface area contributed by atoms with Crippen molar-refractivity contribution in [1.82, 2.24) is 5.32 Å². The van der Waals surface area contributed by atoms with Crippen LogP contribution in [0.4, 0.5) is 8.78 Å². The van der Waals surface area contributed by atoms with Gasteiger partial charge in [0.1, 0.15) is 17.4 Å². The summed E-state index contributed by atoms with van der Waals surface area (Å²) in [5, 5.41) is 3.16. The van der Waals surface area contributed by atoms with E-state index in [1.165, 1.54) is 12.1 Å². The number of rotatable bonds is 5. The summed E-state index contributed by atoms with van der Waals surface area (Å²) >= 11 is 0. The Balaban J connectivity index is 2.40.